The van der Waals surface area contributed by atoms with Gasteiger partial charge < -0.3 is 25.4 Å². The number of amides is 1. The van der Waals surface area contributed by atoms with Gasteiger partial charge in [-0.2, -0.15) is 0 Å². The summed E-state index contributed by atoms with van der Waals surface area (Å²) in [5.41, 5.74) is 1.18. The first-order chi connectivity index (χ1) is 11.2. The number of benzene rings is 1. The molecule has 1 aliphatic heterocycles. The molecule has 1 heterocycles. The summed E-state index contributed by atoms with van der Waals surface area (Å²) in [6.45, 7) is 3.45. The van der Waals surface area contributed by atoms with Crippen LogP contribution >= 0.6 is 0 Å². The highest BCUT2D eigenvalue weighted by Crippen LogP contribution is 2.27. The predicted molar refractivity (Wildman–Crippen MR) is 90.2 cm³/mol. The molecule has 0 radical (unpaired) electrons. The monoisotopic (exact) mass is 321 g/mol. The molecule has 6 heteroatoms. The van der Waals surface area contributed by atoms with Gasteiger partial charge in [0.25, 0.3) is 0 Å². The second kappa shape index (κ2) is 9.37. The third-order valence-electron chi connectivity index (χ3n) is 3.97. The molecule has 0 aromatic heterocycles. The highest BCUT2D eigenvalue weighted by atomic mass is 16.5. The SMILES string of the molecule is COc1ccc(CCCNC(=O)CC2CNCCN2)cc1OC. The molecule has 3 N–H and O–H groups in total. The van der Waals surface area contributed by atoms with E-state index in [1.807, 2.05) is 18.2 Å². The van der Waals surface area contributed by atoms with Crippen LogP contribution in [0.4, 0.5) is 0 Å². The molecule has 2 rings (SSSR count). The molecule has 23 heavy (non-hydrogen) atoms. The maximum Gasteiger partial charge on any atom is 0.221 e. The van der Waals surface area contributed by atoms with E-state index in [-0.39, 0.29) is 11.9 Å². The van der Waals surface area contributed by atoms with E-state index in [0.29, 0.717) is 13.0 Å². The lowest BCUT2D eigenvalue weighted by Crippen LogP contribution is -2.50. The number of piperazine rings is 1. The van der Waals surface area contributed by atoms with Crippen molar-refractivity contribution in [2.24, 2.45) is 0 Å². The van der Waals surface area contributed by atoms with Crippen molar-refractivity contribution in [3.63, 3.8) is 0 Å². The first-order valence-corrected chi connectivity index (χ1v) is 8.14. The van der Waals surface area contributed by atoms with E-state index in [1.165, 1.54) is 5.56 Å². The second-order valence-electron chi connectivity index (χ2n) is 5.70. The van der Waals surface area contributed by atoms with Crippen LogP contribution in [0.5, 0.6) is 11.5 Å². The van der Waals surface area contributed by atoms with Gasteiger partial charge in [0.1, 0.15) is 0 Å². The quantitative estimate of drug-likeness (QED) is 0.615. The molecule has 1 aromatic rings. The van der Waals surface area contributed by atoms with E-state index in [4.69, 9.17) is 9.47 Å². The van der Waals surface area contributed by atoms with Gasteiger partial charge >= 0.3 is 0 Å². The van der Waals surface area contributed by atoms with Crippen LogP contribution in [0, 0.1) is 0 Å². The largest absolute Gasteiger partial charge is 0.493 e. The van der Waals surface area contributed by atoms with Crippen molar-refractivity contribution in [3.8, 4) is 11.5 Å². The fourth-order valence-corrected chi connectivity index (χ4v) is 2.71. The minimum Gasteiger partial charge on any atom is -0.493 e. The van der Waals surface area contributed by atoms with Gasteiger partial charge in [0, 0.05) is 38.6 Å². The molecule has 0 saturated carbocycles. The van der Waals surface area contributed by atoms with Crippen LogP contribution in [0.2, 0.25) is 0 Å². The van der Waals surface area contributed by atoms with Crippen molar-refractivity contribution < 1.29 is 14.3 Å². The van der Waals surface area contributed by atoms with Crippen LogP contribution in [0.1, 0.15) is 18.4 Å². The average Bonchev–Trinajstić information content (AvgIpc) is 2.59. The van der Waals surface area contributed by atoms with Crippen molar-refractivity contribution in [2.45, 2.75) is 25.3 Å². The molecule has 0 bridgehead atoms. The standard InChI is InChI=1S/C17H27N3O3/c1-22-15-6-5-13(10-16(15)23-2)4-3-7-20-17(21)11-14-12-18-8-9-19-14/h5-6,10,14,18-19H,3-4,7-9,11-12H2,1-2H3,(H,20,21). The molecular formula is C17H27N3O3. The fourth-order valence-electron chi connectivity index (χ4n) is 2.71. The Hall–Kier alpha value is -1.79. The number of nitrogens with one attached hydrogen (secondary N) is 3. The Bertz CT molecular complexity index is 502. The van der Waals surface area contributed by atoms with Crippen LogP contribution in [-0.4, -0.2) is 52.3 Å². The van der Waals surface area contributed by atoms with Crippen molar-refractivity contribution in [1.29, 1.82) is 0 Å². The number of hydrogen-bond acceptors (Lipinski definition) is 5. The zero-order valence-electron chi connectivity index (χ0n) is 14.0. The van der Waals surface area contributed by atoms with Gasteiger partial charge in [-0.1, -0.05) is 6.07 Å². The van der Waals surface area contributed by atoms with Gasteiger partial charge in [-0.25, -0.2) is 0 Å². The maximum absolute atomic E-state index is 11.9. The summed E-state index contributed by atoms with van der Waals surface area (Å²) in [6.07, 6.45) is 2.32. The van der Waals surface area contributed by atoms with E-state index in [0.717, 1.165) is 44.0 Å². The molecule has 1 fully saturated rings. The van der Waals surface area contributed by atoms with Gasteiger partial charge in [-0.15, -0.1) is 0 Å². The van der Waals surface area contributed by atoms with E-state index in [2.05, 4.69) is 16.0 Å². The second-order valence-corrected chi connectivity index (χ2v) is 5.70. The lowest BCUT2D eigenvalue weighted by Gasteiger charge is -2.23. The molecule has 1 saturated heterocycles. The van der Waals surface area contributed by atoms with Gasteiger partial charge in [-0.3, -0.25) is 4.79 Å². The lowest BCUT2D eigenvalue weighted by atomic mass is 10.1. The van der Waals surface area contributed by atoms with Gasteiger partial charge in [-0.05, 0) is 30.5 Å². The molecule has 1 amide bonds. The lowest BCUT2D eigenvalue weighted by molar-refractivity contribution is -0.121. The third kappa shape index (κ3) is 5.73. The van der Waals surface area contributed by atoms with E-state index in [9.17, 15) is 4.79 Å². The number of carbonyl (C=O) groups excluding carboxylic acids is 1. The highest BCUT2D eigenvalue weighted by molar-refractivity contribution is 5.76. The number of carbonyl (C=O) groups is 1. The summed E-state index contributed by atoms with van der Waals surface area (Å²) in [7, 11) is 3.26. The smallest absolute Gasteiger partial charge is 0.221 e. The molecule has 0 aliphatic carbocycles. The van der Waals surface area contributed by atoms with E-state index < -0.39 is 0 Å². The normalized spacial score (nSPS) is 17.6. The van der Waals surface area contributed by atoms with Gasteiger partial charge in [0.15, 0.2) is 11.5 Å². The first-order valence-electron chi connectivity index (χ1n) is 8.14. The molecule has 6 nitrogen and oxygen atoms in total. The molecule has 1 aromatic carbocycles. The summed E-state index contributed by atoms with van der Waals surface area (Å²) in [5, 5.41) is 9.61. The zero-order chi connectivity index (χ0) is 16.5. The number of aryl methyl sites for hydroxylation is 1. The Morgan fingerprint density at radius 1 is 1.26 bits per heavy atom. The molecule has 1 unspecified atom stereocenters. The van der Waals surface area contributed by atoms with E-state index in [1.54, 1.807) is 14.2 Å². The number of ether oxygens (including phenoxy) is 2. The third-order valence-corrected chi connectivity index (χ3v) is 3.97. The van der Waals surface area contributed by atoms with Crippen LogP contribution in [-0.2, 0) is 11.2 Å². The van der Waals surface area contributed by atoms with Crippen LogP contribution in [0.25, 0.3) is 0 Å². The maximum atomic E-state index is 11.9. The summed E-state index contributed by atoms with van der Waals surface area (Å²) in [4.78, 5) is 11.9. The fraction of sp³-hybridized carbons (Fsp3) is 0.588. The summed E-state index contributed by atoms with van der Waals surface area (Å²) < 4.78 is 10.5. The van der Waals surface area contributed by atoms with Crippen LogP contribution in [0.3, 0.4) is 0 Å². The van der Waals surface area contributed by atoms with Crippen LogP contribution < -0.4 is 25.4 Å². The molecule has 1 atom stereocenters. The summed E-state index contributed by atoms with van der Waals surface area (Å²) >= 11 is 0. The Labute approximate surface area is 137 Å². The number of rotatable bonds is 8. The summed E-state index contributed by atoms with van der Waals surface area (Å²) in [6, 6.07) is 6.17. The van der Waals surface area contributed by atoms with Crippen molar-refractivity contribution in [1.82, 2.24) is 16.0 Å². The van der Waals surface area contributed by atoms with E-state index >= 15 is 0 Å². The molecule has 1 aliphatic rings. The minimum absolute atomic E-state index is 0.110. The summed E-state index contributed by atoms with van der Waals surface area (Å²) in [5.74, 6) is 1.58. The molecular weight excluding hydrogens is 294 g/mol. The number of methoxy groups -OCH3 is 2. The Balaban J connectivity index is 1.67. The topological polar surface area (TPSA) is 71.6 Å². The number of hydrogen-bond donors (Lipinski definition) is 3. The average molecular weight is 321 g/mol. The zero-order valence-corrected chi connectivity index (χ0v) is 14.0. The Morgan fingerprint density at radius 3 is 2.78 bits per heavy atom. The predicted octanol–water partition coefficient (Wildman–Crippen LogP) is 0.704. The van der Waals surface area contributed by atoms with Crippen LogP contribution in [0.15, 0.2) is 18.2 Å². The molecule has 0 spiro atoms. The van der Waals surface area contributed by atoms with Crippen molar-refractivity contribution in [2.75, 3.05) is 40.4 Å². The first kappa shape index (κ1) is 17.6. The van der Waals surface area contributed by atoms with Crippen molar-refractivity contribution >= 4 is 5.91 Å². The van der Waals surface area contributed by atoms with Gasteiger partial charge in [0.2, 0.25) is 5.91 Å². The Kier molecular flexibility index (Phi) is 7.16. The van der Waals surface area contributed by atoms with Gasteiger partial charge in [0.05, 0.1) is 14.2 Å². The minimum atomic E-state index is 0.110. The molecule has 128 valence electrons. The van der Waals surface area contributed by atoms with Crippen molar-refractivity contribution in [3.05, 3.63) is 23.8 Å². The highest BCUT2D eigenvalue weighted by Gasteiger charge is 2.15. The Morgan fingerprint density at radius 2 is 2.09 bits per heavy atom.